The number of hydrogen-bond acceptors (Lipinski definition) is 3. The summed E-state index contributed by atoms with van der Waals surface area (Å²) >= 11 is 0. The largest absolute Gasteiger partial charge is 0.481 e. The van der Waals surface area contributed by atoms with Gasteiger partial charge in [0, 0.05) is 37.2 Å². The molecule has 0 bridgehead atoms. The predicted octanol–water partition coefficient (Wildman–Crippen LogP) is 2.97. The number of benzene rings is 1. The van der Waals surface area contributed by atoms with E-state index >= 15 is 0 Å². The molecule has 0 radical (unpaired) electrons. The Balaban J connectivity index is 2.60. The molecule has 104 valence electrons. The van der Waals surface area contributed by atoms with Crippen LogP contribution in [0.4, 0.5) is 5.69 Å². The normalized spacial score (nSPS) is 10.2. The van der Waals surface area contributed by atoms with Crippen molar-refractivity contribution in [2.75, 3.05) is 18.0 Å². The summed E-state index contributed by atoms with van der Waals surface area (Å²) in [6.07, 6.45) is 0.728. The van der Waals surface area contributed by atoms with E-state index in [0.717, 1.165) is 18.8 Å². The molecule has 19 heavy (non-hydrogen) atoms. The fraction of sp³-hybridized carbons (Fsp3) is 0.467. The van der Waals surface area contributed by atoms with Crippen LogP contribution in [-0.4, -0.2) is 29.9 Å². The molecule has 0 heterocycles. The average Bonchev–Trinajstić information content (AvgIpc) is 2.40. The molecule has 1 N–H and O–H groups in total. The van der Waals surface area contributed by atoms with E-state index in [9.17, 15) is 9.59 Å². The van der Waals surface area contributed by atoms with Crippen LogP contribution in [0.3, 0.4) is 0 Å². The molecule has 4 nitrogen and oxygen atoms in total. The molecule has 0 aliphatic carbocycles. The predicted molar refractivity (Wildman–Crippen MR) is 75.8 cm³/mol. The maximum absolute atomic E-state index is 11.8. The zero-order valence-electron chi connectivity index (χ0n) is 11.6. The fourth-order valence-corrected chi connectivity index (χ4v) is 1.99. The SMILES string of the molecule is CCN(CC)c1ccc(C(=O)CCCC(=O)O)cc1. The minimum atomic E-state index is -0.857. The Kier molecular flexibility index (Phi) is 6.06. The Bertz CT molecular complexity index is 422. The van der Waals surface area contributed by atoms with E-state index in [1.54, 1.807) is 0 Å². The summed E-state index contributed by atoms with van der Waals surface area (Å²) in [7, 11) is 0. The Labute approximate surface area is 114 Å². The van der Waals surface area contributed by atoms with E-state index in [-0.39, 0.29) is 18.6 Å². The van der Waals surface area contributed by atoms with Gasteiger partial charge in [0.05, 0.1) is 0 Å². The molecular weight excluding hydrogens is 242 g/mol. The molecular formula is C15H21NO3. The highest BCUT2D eigenvalue weighted by Crippen LogP contribution is 2.16. The smallest absolute Gasteiger partial charge is 0.303 e. The van der Waals surface area contributed by atoms with Gasteiger partial charge in [-0.2, -0.15) is 0 Å². The lowest BCUT2D eigenvalue weighted by molar-refractivity contribution is -0.137. The van der Waals surface area contributed by atoms with E-state index in [4.69, 9.17) is 5.11 Å². The molecule has 0 aliphatic heterocycles. The number of nitrogens with zero attached hydrogens (tertiary/aromatic N) is 1. The molecule has 0 saturated heterocycles. The number of rotatable bonds is 8. The average molecular weight is 263 g/mol. The molecule has 0 amide bonds. The molecule has 1 rings (SSSR count). The highest BCUT2D eigenvalue weighted by molar-refractivity contribution is 5.96. The monoisotopic (exact) mass is 263 g/mol. The second-order valence-corrected chi connectivity index (χ2v) is 4.39. The summed E-state index contributed by atoms with van der Waals surface area (Å²) in [4.78, 5) is 24.4. The van der Waals surface area contributed by atoms with Crippen LogP contribution in [0.1, 0.15) is 43.5 Å². The fourth-order valence-electron chi connectivity index (χ4n) is 1.99. The first-order valence-electron chi connectivity index (χ1n) is 6.68. The lowest BCUT2D eigenvalue weighted by Gasteiger charge is -2.20. The second kappa shape index (κ2) is 7.56. The van der Waals surface area contributed by atoms with Gasteiger partial charge in [-0.1, -0.05) is 0 Å². The molecule has 0 fully saturated rings. The number of carboxylic acid groups (broad SMARTS) is 1. The van der Waals surface area contributed by atoms with Crippen molar-refractivity contribution in [3.63, 3.8) is 0 Å². The van der Waals surface area contributed by atoms with Crippen LogP contribution < -0.4 is 4.90 Å². The molecule has 4 heteroatoms. The number of carbonyl (C=O) groups is 2. The van der Waals surface area contributed by atoms with E-state index in [1.807, 2.05) is 24.3 Å². The van der Waals surface area contributed by atoms with Crippen molar-refractivity contribution in [1.29, 1.82) is 0 Å². The first-order valence-corrected chi connectivity index (χ1v) is 6.68. The van der Waals surface area contributed by atoms with Gasteiger partial charge in [0.15, 0.2) is 5.78 Å². The molecule has 0 aliphatic rings. The van der Waals surface area contributed by atoms with E-state index in [2.05, 4.69) is 18.7 Å². The van der Waals surface area contributed by atoms with E-state index < -0.39 is 5.97 Å². The number of hydrogen-bond donors (Lipinski definition) is 1. The third-order valence-corrected chi connectivity index (χ3v) is 3.11. The van der Waals surface area contributed by atoms with Crippen molar-refractivity contribution in [3.8, 4) is 0 Å². The third kappa shape index (κ3) is 4.73. The molecule has 0 saturated carbocycles. The van der Waals surface area contributed by atoms with Crippen LogP contribution in [0.25, 0.3) is 0 Å². The van der Waals surface area contributed by atoms with Crippen molar-refractivity contribution in [1.82, 2.24) is 0 Å². The van der Waals surface area contributed by atoms with Crippen LogP contribution in [0, 0.1) is 0 Å². The van der Waals surface area contributed by atoms with Crippen LogP contribution in [-0.2, 0) is 4.79 Å². The van der Waals surface area contributed by atoms with Gasteiger partial charge >= 0.3 is 5.97 Å². The number of carbonyl (C=O) groups excluding carboxylic acids is 1. The first-order chi connectivity index (χ1) is 9.08. The second-order valence-electron chi connectivity index (χ2n) is 4.39. The Morgan fingerprint density at radius 1 is 1.05 bits per heavy atom. The number of anilines is 1. The van der Waals surface area contributed by atoms with Gasteiger partial charge in [-0.3, -0.25) is 9.59 Å². The minimum Gasteiger partial charge on any atom is -0.481 e. The molecule has 0 spiro atoms. The topological polar surface area (TPSA) is 57.6 Å². The summed E-state index contributed by atoms with van der Waals surface area (Å²) in [5.41, 5.74) is 1.76. The maximum Gasteiger partial charge on any atom is 0.303 e. The zero-order chi connectivity index (χ0) is 14.3. The van der Waals surface area contributed by atoms with Crippen molar-refractivity contribution < 1.29 is 14.7 Å². The van der Waals surface area contributed by atoms with Crippen LogP contribution in [0.2, 0.25) is 0 Å². The van der Waals surface area contributed by atoms with E-state index in [0.29, 0.717) is 12.0 Å². The summed E-state index contributed by atoms with van der Waals surface area (Å²) in [5.74, 6) is -0.850. The van der Waals surface area contributed by atoms with Gasteiger partial charge in [-0.05, 0) is 44.5 Å². The number of carboxylic acids is 1. The van der Waals surface area contributed by atoms with E-state index in [1.165, 1.54) is 0 Å². The number of ketones is 1. The lowest BCUT2D eigenvalue weighted by atomic mass is 10.0. The maximum atomic E-state index is 11.8. The number of Topliss-reactive ketones (excluding diaryl/α,β-unsaturated/α-hetero) is 1. The van der Waals surface area contributed by atoms with Crippen molar-refractivity contribution in [2.45, 2.75) is 33.1 Å². The van der Waals surface area contributed by atoms with Crippen LogP contribution in [0.15, 0.2) is 24.3 Å². The van der Waals surface area contributed by atoms with Crippen molar-refractivity contribution in [2.24, 2.45) is 0 Å². The summed E-state index contributed by atoms with van der Waals surface area (Å²) in [6, 6.07) is 7.52. The van der Waals surface area contributed by atoms with Crippen LogP contribution >= 0.6 is 0 Å². The van der Waals surface area contributed by atoms with Gasteiger partial charge in [-0.15, -0.1) is 0 Å². The van der Waals surface area contributed by atoms with Crippen molar-refractivity contribution >= 4 is 17.4 Å². The standard InChI is InChI=1S/C15H21NO3/c1-3-16(4-2)13-10-8-12(9-11-13)14(17)6-5-7-15(18)19/h8-11H,3-7H2,1-2H3,(H,18,19). The summed E-state index contributed by atoms with van der Waals surface area (Å²) in [6.45, 7) is 6.05. The highest BCUT2D eigenvalue weighted by atomic mass is 16.4. The van der Waals surface area contributed by atoms with Crippen LogP contribution in [0.5, 0.6) is 0 Å². The Morgan fingerprint density at radius 2 is 1.63 bits per heavy atom. The summed E-state index contributed by atoms with van der Waals surface area (Å²) in [5, 5.41) is 8.53. The number of aliphatic carboxylic acids is 1. The molecule has 0 aromatic heterocycles. The van der Waals surface area contributed by atoms with Gasteiger partial charge in [0.1, 0.15) is 0 Å². The van der Waals surface area contributed by atoms with Gasteiger partial charge in [0.25, 0.3) is 0 Å². The quantitative estimate of drug-likeness (QED) is 0.732. The molecule has 0 unspecified atom stereocenters. The third-order valence-electron chi connectivity index (χ3n) is 3.11. The molecule has 1 aromatic rings. The first kappa shape index (κ1) is 15.2. The Hall–Kier alpha value is -1.84. The lowest BCUT2D eigenvalue weighted by Crippen LogP contribution is -2.21. The molecule has 0 atom stereocenters. The minimum absolute atomic E-state index is 0.00680. The van der Waals surface area contributed by atoms with Gasteiger partial charge < -0.3 is 10.0 Å². The highest BCUT2D eigenvalue weighted by Gasteiger charge is 2.08. The van der Waals surface area contributed by atoms with Crippen molar-refractivity contribution in [3.05, 3.63) is 29.8 Å². The Morgan fingerprint density at radius 3 is 2.11 bits per heavy atom. The summed E-state index contributed by atoms with van der Waals surface area (Å²) < 4.78 is 0. The zero-order valence-corrected chi connectivity index (χ0v) is 11.6. The molecule has 1 aromatic carbocycles. The van der Waals surface area contributed by atoms with Gasteiger partial charge in [-0.25, -0.2) is 0 Å². The van der Waals surface area contributed by atoms with Gasteiger partial charge in [0.2, 0.25) is 0 Å².